The van der Waals surface area contributed by atoms with Gasteiger partial charge in [-0.1, -0.05) is 13.0 Å². The second kappa shape index (κ2) is 8.22. The first-order chi connectivity index (χ1) is 15.8. The first kappa shape index (κ1) is 22.0. The largest absolute Gasteiger partial charge is 0.397 e. The monoisotopic (exact) mass is 468 g/mol. The van der Waals surface area contributed by atoms with E-state index in [1.54, 1.807) is 0 Å². The maximum Gasteiger partial charge on any atom is 0.263 e. The van der Waals surface area contributed by atoms with E-state index in [0.29, 0.717) is 23.7 Å². The van der Waals surface area contributed by atoms with Crippen LogP contribution in [0.4, 0.5) is 15.9 Å². The summed E-state index contributed by atoms with van der Waals surface area (Å²) in [6.45, 7) is 4.56. The van der Waals surface area contributed by atoms with Gasteiger partial charge in [0, 0.05) is 47.4 Å². The number of aromatic nitrogens is 2. The number of amides is 1. The highest BCUT2D eigenvalue weighted by Crippen LogP contribution is 2.34. The van der Waals surface area contributed by atoms with Crippen LogP contribution in [0.5, 0.6) is 0 Å². The lowest BCUT2D eigenvalue weighted by Crippen LogP contribution is -2.39. The van der Waals surface area contributed by atoms with Crippen LogP contribution < -0.4 is 21.7 Å². The van der Waals surface area contributed by atoms with Crippen molar-refractivity contribution in [1.82, 2.24) is 15.3 Å². The molecule has 1 aliphatic carbocycles. The van der Waals surface area contributed by atoms with Gasteiger partial charge in [0.25, 0.3) is 5.91 Å². The number of nitrogens with one attached hydrogen (secondary N) is 1. The smallest absolute Gasteiger partial charge is 0.263 e. The minimum atomic E-state index is -0.532. The molecule has 0 bridgehead atoms. The number of carbonyl (C=O) groups excluding carboxylic acids is 1. The number of rotatable bonds is 4. The van der Waals surface area contributed by atoms with Gasteiger partial charge in [0.05, 0.1) is 12.4 Å². The van der Waals surface area contributed by atoms with Crippen molar-refractivity contribution in [2.45, 2.75) is 45.2 Å². The van der Waals surface area contributed by atoms with Gasteiger partial charge in [-0.05, 0) is 49.9 Å². The van der Waals surface area contributed by atoms with Crippen molar-refractivity contribution in [3.05, 3.63) is 46.1 Å². The number of halogens is 1. The molecule has 174 valence electrons. The van der Waals surface area contributed by atoms with E-state index in [1.807, 2.05) is 32.0 Å². The van der Waals surface area contributed by atoms with Gasteiger partial charge in [-0.25, -0.2) is 9.97 Å². The number of nitrogen functional groups attached to an aromatic ring is 1. The molecule has 0 radical (unpaired) electrons. The molecule has 1 aliphatic heterocycles. The van der Waals surface area contributed by atoms with Crippen LogP contribution in [-0.4, -0.2) is 47.7 Å². The lowest BCUT2D eigenvalue weighted by molar-refractivity contribution is 0.0938. The van der Waals surface area contributed by atoms with E-state index in [2.05, 4.69) is 21.3 Å². The second-order valence-electron chi connectivity index (χ2n) is 9.61. The molecule has 7 nitrogen and oxygen atoms in total. The lowest BCUT2D eigenvalue weighted by Gasteiger charge is -2.27. The minimum absolute atomic E-state index is 0.0204. The van der Waals surface area contributed by atoms with Gasteiger partial charge < -0.3 is 21.7 Å². The van der Waals surface area contributed by atoms with E-state index in [-0.39, 0.29) is 18.0 Å². The Hall–Kier alpha value is -2.78. The number of carbonyl (C=O) groups is 1. The normalized spacial score (nSPS) is 24.8. The van der Waals surface area contributed by atoms with Crippen molar-refractivity contribution in [1.29, 1.82) is 0 Å². The Bertz CT molecular complexity index is 1230. The minimum Gasteiger partial charge on any atom is -0.397 e. The van der Waals surface area contributed by atoms with Crippen LogP contribution in [0.1, 0.15) is 40.0 Å². The van der Waals surface area contributed by atoms with Crippen molar-refractivity contribution < 1.29 is 9.18 Å². The summed E-state index contributed by atoms with van der Waals surface area (Å²) in [6.07, 6.45) is 2.30. The summed E-state index contributed by atoms with van der Waals surface area (Å²) >= 11 is 1.34. The molecule has 0 unspecified atom stereocenters. The quantitative estimate of drug-likeness (QED) is 0.543. The van der Waals surface area contributed by atoms with Gasteiger partial charge >= 0.3 is 0 Å². The number of hydrogen-bond acceptors (Lipinski definition) is 7. The van der Waals surface area contributed by atoms with Gasteiger partial charge in [-0.15, -0.1) is 11.3 Å². The fourth-order valence-corrected chi connectivity index (χ4v) is 5.84. The van der Waals surface area contributed by atoms with Crippen molar-refractivity contribution in [3.8, 4) is 0 Å². The van der Waals surface area contributed by atoms with Crippen LogP contribution >= 0.6 is 11.3 Å². The first-order valence-corrected chi connectivity index (χ1v) is 12.1. The van der Waals surface area contributed by atoms with Crippen LogP contribution in [0, 0.1) is 12.3 Å². The van der Waals surface area contributed by atoms with Gasteiger partial charge in [-0.3, -0.25) is 9.18 Å². The number of anilines is 2. The fraction of sp³-hybridized carbons (Fsp3) is 0.458. The van der Waals surface area contributed by atoms with E-state index < -0.39 is 12.1 Å². The third-order valence-corrected chi connectivity index (χ3v) is 8.13. The molecule has 3 aromatic rings. The van der Waals surface area contributed by atoms with Crippen LogP contribution in [-0.2, 0) is 12.8 Å². The molecule has 2 aliphatic rings. The predicted molar refractivity (Wildman–Crippen MR) is 131 cm³/mol. The number of nitrogens with zero attached hydrogens (tertiary/aromatic N) is 3. The van der Waals surface area contributed by atoms with Gasteiger partial charge in [0.1, 0.15) is 15.5 Å². The maximum atomic E-state index is 13.5. The van der Waals surface area contributed by atoms with Crippen LogP contribution in [0.2, 0.25) is 0 Å². The lowest BCUT2D eigenvalue weighted by atomic mass is 9.87. The van der Waals surface area contributed by atoms with E-state index in [4.69, 9.17) is 16.5 Å². The Morgan fingerprint density at radius 2 is 2.15 bits per heavy atom. The number of aryl methyl sites for hydroxylation is 2. The molecule has 0 aromatic carbocycles. The summed E-state index contributed by atoms with van der Waals surface area (Å²) in [5, 5.41) is 3.98. The number of nitrogens with two attached hydrogens (primary N) is 2. The zero-order chi connectivity index (χ0) is 23.3. The zero-order valence-electron chi connectivity index (χ0n) is 18.9. The second-order valence-corrected chi connectivity index (χ2v) is 10.6. The van der Waals surface area contributed by atoms with Crippen LogP contribution in [0.25, 0.3) is 10.2 Å². The average molecular weight is 469 g/mol. The average Bonchev–Trinajstić information content (AvgIpc) is 3.29. The summed E-state index contributed by atoms with van der Waals surface area (Å²) in [6, 6.07) is 7.70. The molecule has 5 rings (SSSR count). The zero-order valence-corrected chi connectivity index (χ0v) is 19.7. The predicted octanol–water partition coefficient (Wildman–Crippen LogP) is 2.99. The SMILES string of the molecule is Cc1ccc2c(N)c(C(=O)N[C@H]3CCc4nc(N5C[C@@H](N)[C@@](C)(CF)C5)ccc4C3)sc2n1. The first-order valence-electron chi connectivity index (χ1n) is 11.3. The number of pyridine rings is 2. The molecule has 0 saturated carbocycles. The highest BCUT2D eigenvalue weighted by molar-refractivity contribution is 7.21. The van der Waals surface area contributed by atoms with E-state index in [9.17, 15) is 9.18 Å². The standard InChI is InChI=1S/C24H29FN6OS/c1-13-3-6-16-20(27)21(33-23(16)28-13)22(32)29-15-5-7-17-14(9-15)4-8-19(30-17)31-10-18(26)24(2,11-25)12-31/h3-4,6,8,15,18H,5,7,9-12,26-27H2,1-2H3,(H,29,32)/t15-,18+,24-/m0/s1. The Labute approximate surface area is 196 Å². The highest BCUT2D eigenvalue weighted by Gasteiger charge is 2.41. The molecular formula is C24H29FN6OS. The molecule has 3 atom stereocenters. The third kappa shape index (κ3) is 3.93. The summed E-state index contributed by atoms with van der Waals surface area (Å²) in [5.74, 6) is 0.701. The molecular weight excluding hydrogens is 439 g/mol. The van der Waals surface area contributed by atoms with E-state index in [0.717, 1.165) is 52.2 Å². The maximum absolute atomic E-state index is 13.5. The summed E-state index contributed by atoms with van der Waals surface area (Å²) in [5.41, 5.74) is 15.5. The number of hydrogen-bond donors (Lipinski definition) is 3. The molecule has 1 saturated heterocycles. The molecule has 0 spiro atoms. The van der Waals surface area contributed by atoms with Crippen molar-refractivity contribution in [2.75, 3.05) is 30.4 Å². The Kier molecular flexibility index (Phi) is 5.49. The Morgan fingerprint density at radius 3 is 2.91 bits per heavy atom. The fourth-order valence-electron chi connectivity index (χ4n) is 4.80. The molecule has 9 heteroatoms. The molecule has 4 heterocycles. The topological polar surface area (TPSA) is 110 Å². The van der Waals surface area contributed by atoms with E-state index in [1.165, 1.54) is 11.3 Å². The number of thiophene rings is 1. The molecule has 1 amide bonds. The van der Waals surface area contributed by atoms with Crippen molar-refractivity contribution in [3.63, 3.8) is 0 Å². The van der Waals surface area contributed by atoms with Gasteiger partial charge in [0.15, 0.2) is 0 Å². The van der Waals surface area contributed by atoms with Crippen molar-refractivity contribution >= 4 is 39.0 Å². The summed E-state index contributed by atoms with van der Waals surface area (Å²) in [7, 11) is 0. The summed E-state index contributed by atoms with van der Waals surface area (Å²) < 4.78 is 13.5. The molecule has 1 fully saturated rings. The van der Waals surface area contributed by atoms with Crippen LogP contribution in [0.3, 0.4) is 0 Å². The highest BCUT2D eigenvalue weighted by atomic mass is 32.1. The molecule has 33 heavy (non-hydrogen) atoms. The third-order valence-electron chi connectivity index (χ3n) is 7.02. The number of alkyl halides is 1. The van der Waals surface area contributed by atoms with Crippen molar-refractivity contribution in [2.24, 2.45) is 11.1 Å². The summed E-state index contributed by atoms with van der Waals surface area (Å²) in [4.78, 5) is 25.7. The van der Waals surface area contributed by atoms with Gasteiger partial charge in [-0.2, -0.15) is 0 Å². The van der Waals surface area contributed by atoms with Gasteiger partial charge in [0.2, 0.25) is 0 Å². The molecule has 5 N–H and O–H groups in total. The Balaban J connectivity index is 1.28. The Morgan fingerprint density at radius 1 is 1.33 bits per heavy atom. The van der Waals surface area contributed by atoms with Crippen LogP contribution in [0.15, 0.2) is 24.3 Å². The van der Waals surface area contributed by atoms with E-state index >= 15 is 0 Å². The molecule has 3 aromatic heterocycles. The number of fused-ring (bicyclic) bond motifs is 2.